The topological polar surface area (TPSA) is 43.4 Å². The van der Waals surface area contributed by atoms with Gasteiger partial charge in [-0.1, -0.05) is 42.5 Å². The summed E-state index contributed by atoms with van der Waals surface area (Å²) >= 11 is 12.1. The largest absolute Gasteiger partial charge is 0.490 e. The van der Waals surface area contributed by atoms with Gasteiger partial charge in [-0.15, -0.1) is 0 Å². The summed E-state index contributed by atoms with van der Waals surface area (Å²) in [4.78, 5) is -0.126. The first kappa shape index (κ1) is 16.2. The molecule has 1 saturated carbocycles. The second kappa shape index (κ2) is 6.73. The van der Waals surface area contributed by atoms with E-state index in [4.69, 9.17) is 38.6 Å². The van der Waals surface area contributed by atoms with Crippen molar-refractivity contribution in [1.29, 1.82) is 0 Å². The van der Waals surface area contributed by atoms with Crippen LogP contribution in [0.4, 0.5) is 0 Å². The molecule has 112 valence electrons. The highest BCUT2D eigenvalue weighted by Gasteiger charge is 2.19. The fourth-order valence-corrected chi connectivity index (χ4v) is 3.88. The van der Waals surface area contributed by atoms with Crippen molar-refractivity contribution in [3.63, 3.8) is 0 Å². The van der Waals surface area contributed by atoms with Crippen molar-refractivity contribution in [1.82, 2.24) is 0 Å². The minimum atomic E-state index is -3.85. The molecule has 0 saturated heterocycles. The van der Waals surface area contributed by atoms with Crippen molar-refractivity contribution in [2.75, 3.05) is 6.61 Å². The maximum absolute atomic E-state index is 11.3. The van der Waals surface area contributed by atoms with Crippen molar-refractivity contribution < 1.29 is 13.2 Å². The van der Waals surface area contributed by atoms with E-state index in [-0.39, 0.29) is 14.9 Å². The minimum absolute atomic E-state index is 0.126. The summed E-state index contributed by atoms with van der Waals surface area (Å²) in [5, 5.41) is 0.320. The van der Waals surface area contributed by atoms with Gasteiger partial charge < -0.3 is 4.74 Å². The maximum Gasteiger partial charge on any atom is 0.261 e. The molecule has 20 heavy (non-hydrogen) atoms. The molecule has 0 amide bonds. The molecule has 0 bridgehead atoms. The Kier molecular flexibility index (Phi) is 5.46. The molecule has 0 N–H and O–H groups in total. The molecule has 0 unspecified atom stereocenters. The Morgan fingerprint density at radius 2 is 1.65 bits per heavy atom. The molecule has 7 heteroatoms. The molecule has 1 aliphatic rings. The molecule has 0 radical (unpaired) electrons. The zero-order valence-corrected chi connectivity index (χ0v) is 13.8. The number of rotatable bonds is 4. The molecule has 3 nitrogen and oxygen atoms in total. The average molecular weight is 358 g/mol. The molecular formula is C13H15Cl3O3S. The summed E-state index contributed by atoms with van der Waals surface area (Å²) in [5.41, 5.74) is 0. The van der Waals surface area contributed by atoms with Gasteiger partial charge in [-0.05, 0) is 30.9 Å². The number of ether oxygens (including phenoxy) is 1. The SMILES string of the molecule is O=S(=O)(Cl)c1cc(Cl)c(OCC2CCCCC2)c(Cl)c1. The van der Waals surface area contributed by atoms with E-state index >= 15 is 0 Å². The molecular weight excluding hydrogens is 343 g/mol. The number of benzene rings is 1. The highest BCUT2D eigenvalue weighted by molar-refractivity contribution is 8.13. The molecule has 0 atom stereocenters. The van der Waals surface area contributed by atoms with Gasteiger partial charge >= 0.3 is 0 Å². The summed E-state index contributed by atoms with van der Waals surface area (Å²) in [6, 6.07) is 2.51. The Morgan fingerprint density at radius 1 is 1.10 bits per heavy atom. The van der Waals surface area contributed by atoms with E-state index in [0.717, 1.165) is 12.8 Å². The van der Waals surface area contributed by atoms with Crippen molar-refractivity contribution in [2.45, 2.75) is 37.0 Å². The molecule has 1 aromatic carbocycles. The van der Waals surface area contributed by atoms with Crippen LogP contribution in [0.25, 0.3) is 0 Å². The van der Waals surface area contributed by atoms with Crippen LogP contribution in [0.1, 0.15) is 32.1 Å². The Labute approximate surface area is 133 Å². The lowest BCUT2D eigenvalue weighted by atomic mass is 9.90. The molecule has 0 aromatic heterocycles. The van der Waals surface area contributed by atoms with Crippen molar-refractivity contribution in [3.05, 3.63) is 22.2 Å². The fourth-order valence-electron chi connectivity index (χ4n) is 2.37. The van der Waals surface area contributed by atoms with Crippen LogP contribution in [0.5, 0.6) is 5.75 Å². The van der Waals surface area contributed by atoms with Gasteiger partial charge in [-0.25, -0.2) is 8.42 Å². The Balaban J connectivity index is 2.12. The summed E-state index contributed by atoms with van der Waals surface area (Å²) < 4.78 is 28.2. The normalized spacial score (nSPS) is 17.1. The van der Waals surface area contributed by atoms with Crippen LogP contribution in [0.2, 0.25) is 10.0 Å². The Morgan fingerprint density at radius 3 is 2.15 bits per heavy atom. The van der Waals surface area contributed by atoms with Crippen LogP contribution in [0.3, 0.4) is 0 Å². The van der Waals surface area contributed by atoms with Crippen LogP contribution in [-0.4, -0.2) is 15.0 Å². The molecule has 1 aliphatic carbocycles. The molecule has 1 fully saturated rings. The third-order valence-corrected chi connectivity index (χ3v) is 5.34. The van der Waals surface area contributed by atoms with E-state index in [1.807, 2.05) is 0 Å². The van der Waals surface area contributed by atoms with Crippen molar-refractivity contribution in [3.8, 4) is 5.75 Å². The summed E-state index contributed by atoms with van der Waals surface area (Å²) in [7, 11) is 1.42. The van der Waals surface area contributed by atoms with E-state index in [9.17, 15) is 8.42 Å². The van der Waals surface area contributed by atoms with Gasteiger partial charge in [-0.3, -0.25) is 0 Å². The molecule has 0 spiro atoms. The van der Waals surface area contributed by atoms with Crippen molar-refractivity contribution >= 4 is 42.9 Å². The summed E-state index contributed by atoms with van der Waals surface area (Å²) in [6.07, 6.45) is 6.00. The lowest BCUT2D eigenvalue weighted by molar-refractivity contribution is 0.209. The van der Waals surface area contributed by atoms with Crippen LogP contribution in [0, 0.1) is 5.92 Å². The fraction of sp³-hybridized carbons (Fsp3) is 0.538. The number of halogens is 3. The van der Waals surface area contributed by atoms with Crippen LogP contribution in [-0.2, 0) is 9.05 Å². The first-order valence-corrected chi connectivity index (χ1v) is 9.51. The predicted molar refractivity (Wildman–Crippen MR) is 81.6 cm³/mol. The van der Waals surface area contributed by atoms with E-state index in [2.05, 4.69) is 0 Å². The highest BCUT2D eigenvalue weighted by atomic mass is 35.7. The van der Waals surface area contributed by atoms with Crippen LogP contribution < -0.4 is 4.74 Å². The zero-order chi connectivity index (χ0) is 14.8. The van der Waals surface area contributed by atoms with Gasteiger partial charge in [-0.2, -0.15) is 0 Å². The Bertz CT molecular complexity index is 558. The standard InChI is InChI=1S/C13H15Cl3O3S/c14-11-6-10(20(16,17)18)7-12(15)13(11)19-8-9-4-2-1-3-5-9/h6-7,9H,1-5,8H2. The van der Waals surface area contributed by atoms with Gasteiger partial charge in [0.1, 0.15) is 0 Å². The second-order valence-electron chi connectivity index (χ2n) is 4.97. The Hall–Kier alpha value is -0.160. The second-order valence-corrected chi connectivity index (χ2v) is 8.35. The van der Waals surface area contributed by atoms with Gasteiger partial charge in [0.2, 0.25) is 0 Å². The van der Waals surface area contributed by atoms with Gasteiger partial charge in [0.25, 0.3) is 9.05 Å². The summed E-state index contributed by atoms with van der Waals surface area (Å²) in [5.74, 6) is 0.829. The smallest absolute Gasteiger partial charge is 0.261 e. The lowest BCUT2D eigenvalue weighted by Crippen LogP contribution is -2.15. The lowest BCUT2D eigenvalue weighted by Gasteiger charge is -2.22. The van der Waals surface area contributed by atoms with Crippen molar-refractivity contribution in [2.24, 2.45) is 5.92 Å². The van der Waals surface area contributed by atoms with E-state index in [1.165, 1.54) is 31.4 Å². The van der Waals surface area contributed by atoms with E-state index in [1.54, 1.807) is 0 Å². The van der Waals surface area contributed by atoms with Gasteiger partial charge in [0, 0.05) is 10.7 Å². The molecule has 2 rings (SSSR count). The predicted octanol–water partition coefficient (Wildman–Crippen LogP) is 4.88. The molecule has 0 heterocycles. The highest BCUT2D eigenvalue weighted by Crippen LogP contribution is 2.37. The van der Waals surface area contributed by atoms with E-state index < -0.39 is 9.05 Å². The maximum atomic E-state index is 11.3. The summed E-state index contributed by atoms with van der Waals surface area (Å²) in [6.45, 7) is 0.548. The molecule has 0 aliphatic heterocycles. The van der Waals surface area contributed by atoms with Gasteiger partial charge in [0.05, 0.1) is 21.5 Å². The zero-order valence-electron chi connectivity index (χ0n) is 10.7. The number of hydrogen-bond donors (Lipinski definition) is 0. The third kappa shape index (κ3) is 4.17. The number of hydrogen-bond acceptors (Lipinski definition) is 3. The monoisotopic (exact) mass is 356 g/mol. The van der Waals surface area contributed by atoms with Crippen LogP contribution in [0.15, 0.2) is 17.0 Å². The quantitative estimate of drug-likeness (QED) is 0.721. The first-order chi connectivity index (χ1) is 9.38. The first-order valence-electron chi connectivity index (χ1n) is 6.44. The van der Waals surface area contributed by atoms with E-state index in [0.29, 0.717) is 18.3 Å². The van der Waals surface area contributed by atoms with Gasteiger partial charge in [0.15, 0.2) is 5.75 Å². The van der Waals surface area contributed by atoms with Crippen LogP contribution >= 0.6 is 33.9 Å². The molecule has 1 aromatic rings. The minimum Gasteiger partial charge on any atom is -0.490 e. The average Bonchev–Trinajstić information content (AvgIpc) is 2.37. The third-order valence-electron chi connectivity index (χ3n) is 3.44.